The van der Waals surface area contributed by atoms with E-state index < -0.39 is 5.56 Å². The number of nitrogens with one attached hydrogen (secondary N) is 2. The number of benzene rings is 2. The number of hydrogen-bond acceptors (Lipinski definition) is 5. The molecular weight excluding hydrogens is 411 g/mol. The van der Waals surface area contributed by atoms with Gasteiger partial charge in [-0.1, -0.05) is 40.9 Å². The van der Waals surface area contributed by atoms with Crippen LogP contribution in [0.3, 0.4) is 0 Å². The van der Waals surface area contributed by atoms with Gasteiger partial charge in [-0.2, -0.15) is 10.2 Å². The Bertz CT molecular complexity index is 1000. The van der Waals surface area contributed by atoms with Crippen LogP contribution in [0.15, 0.2) is 58.6 Å². The molecule has 138 valence electrons. The Morgan fingerprint density at radius 1 is 1.11 bits per heavy atom. The highest BCUT2D eigenvalue weighted by Gasteiger charge is 2.06. The lowest BCUT2D eigenvalue weighted by molar-refractivity contribution is 0.306. The molecular formula is C18H13Cl3N4O2. The number of rotatable bonds is 6. The molecule has 27 heavy (non-hydrogen) atoms. The first-order chi connectivity index (χ1) is 13.0. The highest BCUT2D eigenvalue weighted by Crippen LogP contribution is 2.25. The lowest BCUT2D eigenvalue weighted by Gasteiger charge is -2.09. The second-order valence-electron chi connectivity index (χ2n) is 5.35. The highest BCUT2D eigenvalue weighted by atomic mass is 35.5. The Labute approximate surface area is 169 Å². The number of aromatic nitrogens is 2. The van der Waals surface area contributed by atoms with Gasteiger partial charge in [0.1, 0.15) is 23.1 Å². The Kier molecular flexibility index (Phi) is 6.34. The minimum Gasteiger partial charge on any atom is -0.489 e. The highest BCUT2D eigenvalue weighted by molar-refractivity contribution is 6.36. The van der Waals surface area contributed by atoms with Crippen molar-refractivity contribution in [3.63, 3.8) is 0 Å². The third-order valence-corrected chi connectivity index (χ3v) is 4.60. The summed E-state index contributed by atoms with van der Waals surface area (Å²) in [6, 6.07) is 12.6. The average Bonchev–Trinajstić information content (AvgIpc) is 2.66. The van der Waals surface area contributed by atoms with E-state index in [1.54, 1.807) is 36.5 Å². The van der Waals surface area contributed by atoms with Crippen LogP contribution in [0.4, 0.5) is 5.69 Å². The van der Waals surface area contributed by atoms with Crippen molar-refractivity contribution in [2.24, 2.45) is 5.10 Å². The van der Waals surface area contributed by atoms with Crippen molar-refractivity contribution in [2.45, 2.75) is 6.61 Å². The zero-order chi connectivity index (χ0) is 19.2. The molecule has 9 heteroatoms. The maximum Gasteiger partial charge on any atom is 0.285 e. The van der Waals surface area contributed by atoms with E-state index in [1.807, 2.05) is 12.1 Å². The fourth-order valence-electron chi connectivity index (χ4n) is 2.11. The van der Waals surface area contributed by atoms with Gasteiger partial charge in [-0.05, 0) is 42.0 Å². The molecule has 3 aromatic rings. The van der Waals surface area contributed by atoms with Crippen molar-refractivity contribution < 1.29 is 4.74 Å². The standard InChI is InChI=1S/C18H13Cl3N4O2/c19-14-2-1-3-15(20)13(14)10-27-12-6-4-11(5-7-12)8-22-24-16-9-23-25-18(26)17(16)21/h1-9H,10H2,(H2,24,25,26)/b22-8-. The topological polar surface area (TPSA) is 79.4 Å². The molecule has 0 aliphatic heterocycles. The van der Waals surface area contributed by atoms with Gasteiger partial charge in [0, 0.05) is 15.6 Å². The fourth-order valence-corrected chi connectivity index (χ4v) is 2.75. The number of nitrogens with zero attached hydrogens (tertiary/aromatic N) is 2. The molecule has 3 rings (SSSR count). The predicted molar refractivity (Wildman–Crippen MR) is 108 cm³/mol. The van der Waals surface area contributed by atoms with Crippen LogP contribution in [0, 0.1) is 0 Å². The second kappa shape index (κ2) is 8.90. The third-order valence-electron chi connectivity index (χ3n) is 3.52. The molecule has 0 saturated carbocycles. The van der Waals surface area contributed by atoms with E-state index in [-0.39, 0.29) is 11.6 Å². The average molecular weight is 424 g/mol. The molecule has 6 nitrogen and oxygen atoms in total. The molecule has 0 radical (unpaired) electrons. The maximum absolute atomic E-state index is 11.3. The van der Waals surface area contributed by atoms with Crippen LogP contribution in [0.5, 0.6) is 5.75 Å². The van der Waals surface area contributed by atoms with Crippen LogP contribution in [-0.2, 0) is 6.61 Å². The van der Waals surface area contributed by atoms with Crippen LogP contribution < -0.4 is 15.7 Å². The molecule has 2 aromatic carbocycles. The summed E-state index contributed by atoms with van der Waals surface area (Å²) in [5, 5.41) is 11.0. The van der Waals surface area contributed by atoms with E-state index in [9.17, 15) is 4.79 Å². The normalized spacial score (nSPS) is 10.9. The molecule has 0 amide bonds. The Hall–Kier alpha value is -2.54. The van der Waals surface area contributed by atoms with Crippen molar-refractivity contribution in [1.29, 1.82) is 0 Å². The van der Waals surface area contributed by atoms with Crippen molar-refractivity contribution in [3.8, 4) is 5.75 Å². The number of anilines is 1. The Morgan fingerprint density at radius 3 is 2.52 bits per heavy atom. The summed E-state index contributed by atoms with van der Waals surface area (Å²) in [5.74, 6) is 0.665. The molecule has 0 bridgehead atoms. The summed E-state index contributed by atoms with van der Waals surface area (Å²) in [7, 11) is 0. The monoisotopic (exact) mass is 422 g/mol. The van der Waals surface area contributed by atoms with Gasteiger partial charge >= 0.3 is 0 Å². The van der Waals surface area contributed by atoms with Gasteiger partial charge in [-0.3, -0.25) is 10.2 Å². The summed E-state index contributed by atoms with van der Waals surface area (Å²) in [5.41, 5.74) is 4.05. The molecule has 1 heterocycles. The van der Waals surface area contributed by atoms with Crippen LogP contribution >= 0.6 is 34.8 Å². The fraction of sp³-hybridized carbons (Fsp3) is 0.0556. The number of aromatic amines is 1. The van der Waals surface area contributed by atoms with Gasteiger partial charge < -0.3 is 4.74 Å². The van der Waals surface area contributed by atoms with Gasteiger partial charge in [0.15, 0.2) is 0 Å². The van der Waals surface area contributed by atoms with E-state index in [1.165, 1.54) is 6.20 Å². The second-order valence-corrected chi connectivity index (χ2v) is 6.55. The first-order valence-corrected chi connectivity index (χ1v) is 8.86. The summed E-state index contributed by atoms with van der Waals surface area (Å²) >= 11 is 18.1. The number of halogens is 3. The summed E-state index contributed by atoms with van der Waals surface area (Å²) in [4.78, 5) is 11.3. The Balaban J connectivity index is 1.60. The van der Waals surface area contributed by atoms with Crippen LogP contribution in [0.25, 0.3) is 0 Å². The van der Waals surface area contributed by atoms with Crippen molar-refractivity contribution in [2.75, 3.05) is 5.43 Å². The van der Waals surface area contributed by atoms with Gasteiger partial charge in [0.05, 0.1) is 12.4 Å². The minimum atomic E-state index is -0.489. The van der Waals surface area contributed by atoms with E-state index in [0.717, 1.165) is 11.1 Å². The quantitative estimate of drug-likeness (QED) is 0.443. The predicted octanol–water partition coefficient (Wildman–Crippen LogP) is 4.76. The molecule has 0 atom stereocenters. The largest absolute Gasteiger partial charge is 0.489 e. The zero-order valence-corrected chi connectivity index (χ0v) is 16.0. The molecule has 0 fully saturated rings. The van der Waals surface area contributed by atoms with Crippen LogP contribution in [0.1, 0.15) is 11.1 Å². The number of hydrazone groups is 1. The smallest absolute Gasteiger partial charge is 0.285 e. The number of ether oxygens (including phenoxy) is 1. The van der Waals surface area contributed by atoms with Gasteiger partial charge in [-0.15, -0.1) is 0 Å². The lowest BCUT2D eigenvalue weighted by atomic mass is 10.2. The molecule has 0 aliphatic rings. The SMILES string of the molecule is O=c1[nH]ncc(N/N=C\c2ccc(OCc3c(Cl)cccc3Cl)cc2)c1Cl. The van der Waals surface area contributed by atoms with Crippen LogP contribution in [-0.4, -0.2) is 16.4 Å². The molecule has 0 unspecified atom stereocenters. The first-order valence-electron chi connectivity index (χ1n) is 7.72. The Morgan fingerprint density at radius 2 is 1.81 bits per heavy atom. The first kappa shape index (κ1) is 19.2. The lowest BCUT2D eigenvalue weighted by Crippen LogP contribution is -2.10. The summed E-state index contributed by atoms with van der Waals surface area (Å²) in [6.45, 7) is 0.265. The van der Waals surface area contributed by atoms with E-state index in [0.29, 0.717) is 21.5 Å². The van der Waals surface area contributed by atoms with E-state index >= 15 is 0 Å². The van der Waals surface area contributed by atoms with Crippen molar-refractivity contribution in [1.82, 2.24) is 10.2 Å². The summed E-state index contributed by atoms with van der Waals surface area (Å²) < 4.78 is 5.72. The molecule has 0 spiro atoms. The van der Waals surface area contributed by atoms with Gasteiger partial charge in [-0.25, -0.2) is 5.10 Å². The van der Waals surface area contributed by atoms with Crippen molar-refractivity contribution in [3.05, 3.63) is 85.2 Å². The molecule has 2 N–H and O–H groups in total. The molecule has 0 aliphatic carbocycles. The van der Waals surface area contributed by atoms with Gasteiger partial charge in [0.2, 0.25) is 0 Å². The van der Waals surface area contributed by atoms with Crippen molar-refractivity contribution >= 4 is 46.7 Å². The molecule has 0 saturated heterocycles. The van der Waals surface area contributed by atoms with E-state index in [2.05, 4.69) is 20.7 Å². The number of H-pyrrole nitrogens is 1. The van der Waals surface area contributed by atoms with Crippen LogP contribution in [0.2, 0.25) is 15.1 Å². The maximum atomic E-state index is 11.3. The van der Waals surface area contributed by atoms with Gasteiger partial charge in [0.25, 0.3) is 5.56 Å². The zero-order valence-electron chi connectivity index (χ0n) is 13.7. The minimum absolute atomic E-state index is 0.0101. The summed E-state index contributed by atoms with van der Waals surface area (Å²) in [6.07, 6.45) is 2.95. The third kappa shape index (κ3) is 5.01. The number of hydrogen-bond donors (Lipinski definition) is 2. The van der Waals surface area contributed by atoms with E-state index in [4.69, 9.17) is 39.5 Å². The molecule has 1 aromatic heterocycles.